The van der Waals surface area contributed by atoms with Crippen LogP contribution in [0.2, 0.25) is 0 Å². The second kappa shape index (κ2) is 6.86. The largest absolute Gasteiger partial charge is 0.346 e. The van der Waals surface area contributed by atoms with Crippen molar-refractivity contribution in [1.29, 1.82) is 0 Å². The minimum atomic E-state index is -0.215. The zero-order chi connectivity index (χ0) is 18.1. The summed E-state index contributed by atoms with van der Waals surface area (Å²) in [5.41, 5.74) is 4.46. The molecule has 4 rings (SSSR count). The lowest BCUT2D eigenvalue weighted by Gasteiger charge is -2.18. The maximum Gasteiger partial charge on any atom is 0.133 e. The molecule has 1 aromatic carbocycles. The summed E-state index contributed by atoms with van der Waals surface area (Å²) in [5, 5.41) is 4.51. The summed E-state index contributed by atoms with van der Waals surface area (Å²) < 4.78 is 15.1. The Hall–Kier alpha value is -2.76. The van der Waals surface area contributed by atoms with Crippen molar-refractivity contribution < 1.29 is 4.39 Å². The van der Waals surface area contributed by atoms with Crippen LogP contribution in [0.3, 0.4) is 0 Å². The maximum atomic E-state index is 13.1. The van der Waals surface area contributed by atoms with E-state index in [0.717, 1.165) is 48.8 Å². The van der Waals surface area contributed by atoms with Gasteiger partial charge in [0.15, 0.2) is 0 Å². The topological polar surface area (TPSA) is 46.8 Å². The highest BCUT2D eigenvalue weighted by Crippen LogP contribution is 2.28. The number of hydrogen-bond acceptors (Lipinski definition) is 4. The third-order valence-electron chi connectivity index (χ3n) is 4.67. The normalized spacial score (nSPS) is 13.3. The van der Waals surface area contributed by atoms with E-state index in [0.29, 0.717) is 6.54 Å². The Bertz CT molecular complexity index is 916. The molecule has 0 N–H and O–H groups in total. The fourth-order valence-electron chi connectivity index (χ4n) is 3.38. The molecule has 0 bridgehead atoms. The molecular weight excluding hydrogens is 329 g/mol. The van der Waals surface area contributed by atoms with Gasteiger partial charge in [-0.1, -0.05) is 19.1 Å². The van der Waals surface area contributed by atoms with Gasteiger partial charge >= 0.3 is 0 Å². The van der Waals surface area contributed by atoms with Crippen LogP contribution in [0.15, 0.2) is 36.5 Å². The molecule has 0 saturated carbocycles. The minimum Gasteiger partial charge on any atom is -0.346 e. The standard InChI is InChI=1S/C20H22FN5/c1-3-4-19-23-14(2)9-20(24-19)25-12-16-10-22-26(18(16)13-25)11-15-5-7-17(21)8-6-15/h5-10H,3-4,11-13H2,1-2H3. The number of hydrogen-bond donors (Lipinski definition) is 0. The summed E-state index contributed by atoms with van der Waals surface area (Å²) in [6.45, 7) is 6.39. The van der Waals surface area contributed by atoms with Gasteiger partial charge in [-0.15, -0.1) is 0 Å². The second-order valence-electron chi connectivity index (χ2n) is 6.79. The fraction of sp³-hybridized carbons (Fsp3) is 0.350. The Morgan fingerprint density at radius 3 is 2.69 bits per heavy atom. The molecule has 0 aliphatic carbocycles. The molecule has 0 radical (unpaired) electrons. The Morgan fingerprint density at radius 2 is 1.92 bits per heavy atom. The van der Waals surface area contributed by atoms with Gasteiger partial charge in [0.05, 0.1) is 25.0 Å². The summed E-state index contributed by atoms with van der Waals surface area (Å²) in [5.74, 6) is 1.67. The molecule has 0 saturated heterocycles. The third-order valence-corrected chi connectivity index (χ3v) is 4.67. The number of halogens is 1. The van der Waals surface area contributed by atoms with Gasteiger partial charge in [0.2, 0.25) is 0 Å². The highest BCUT2D eigenvalue weighted by Gasteiger charge is 2.25. The van der Waals surface area contributed by atoms with Crippen molar-refractivity contribution in [1.82, 2.24) is 19.7 Å². The number of aryl methyl sites for hydroxylation is 2. The zero-order valence-corrected chi connectivity index (χ0v) is 15.1. The number of aromatic nitrogens is 4. The van der Waals surface area contributed by atoms with E-state index in [4.69, 9.17) is 4.98 Å². The van der Waals surface area contributed by atoms with Gasteiger partial charge in [0.1, 0.15) is 17.5 Å². The average molecular weight is 351 g/mol. The molecule has 0 amide bonds. The lowest BCUT2D eigenvalue weighted by Crippen LogP contribution is -2.19. The monoisotopic (exact) mass is 351 g/mol. The predicted molar refractivity (Wildman–Crippen MR) is 98.4 cm³/mol. The summed E-state index contributed by atoms with van der Waals surface area (Å²) in [6, 6.07) is 8.64. The lowest BCUT2D eigenvalue weighted by molar-refractivity contribution is 0.620. The van der Waals surface area contributed by atoms with Crippen molar-refractivity contribution in [2.24, 2.45) is 0 Å². The molecule has 2 aromatic heterocycles. The van der Waals surface area contributed by atoms with Crippen molar-refractivity contribution in [2.75, 3.05) is 4.90 Å². The first-order valence-corrected chi connectivity index (χ1v) is 9.00. The molecular formula is C20H22FN5. The quantitative estimate of drug-likeness (QED) is 0.704. The summed E-state index contributed by atoms with van der Waals surface area (Å²) in [4.78, 5) is 11.5. The van der Waals surface area contributed by atoms with E-state index in [1.165, 1.54) is 23.4 Å². The van der Waals surface area contributed by atoms with Crippen LogP contribution in [0.25, 0.3) is 0 Å². The van der Waals surface area contributed by atoms with E-state index in [9.17, 15) is 4.39 Å². The van der Waals surface area contributed by atoms with E-state index >= 15 is 0 Å². The number of rotatable bonds is 5. The van der Waals surface area contributed by atoms with Crippen molar-refractivity contribution in [2.45, 2.75) is 46.3 Å². The number of fused-ring (bicyclic) bond motifs is 1. The van der Waals surface area contributed by atoms with Crippen LogP contribution in [0.4, 0.5) is 10.2 Å². The van der Waals surface area contributed by atoms with E-state index in [1.54, 1.807) is 12.1 Å². The molecule has 3 aromatic rings. The SMILES string of the molecule is CCCc1nc(C)cc(N2Cc3cnn(Cc4ccc(F)cc4)c3C2)n1. The van der Waals surface area contributed by atoms with Crippen LogP contribution in [0.5, 0.6) is 0 Å². The highest BCUT2D eigenvalue weighted by molar-refractivity contribution is 5.46. The molecule has 0 fully saturated rings. The van der Waals surface area contributed by atoms with E-state index < -0.39 is 0 Å². The predicted octanol–water partition coefficient (Wildman–Crippen LogP) is 3.64. The molecule has 1 aliphatic rings. The summed E-state index contributed by atoms with van der Waals surface area (Å²) >= 11 is 0. The van der Waals surface area contributed by atoms with E-state index in [-0.39, 0.29) is 5.82 Å². The molecule has 3 heterocycles. The lowest BCUT2D eigenvalue weighted by atomic mass is 10.2. The Kier molecular flexibility index (Phi) is 4.41. The van der Waals surface area contributed by atoms with Crippen molar-refractivity contribution >= 4 is 5.82 Å². The molecule has 0 unspecified atom stereocenters. The van der Waals surface area contributed by atoms with Gasteiger partial charge in [-0.3, -0.25) is 4.68 Å². The van der Waals surface area contributed by atoms with Crippen molar-refractivity contribution in [3.63, 3.8) is 0 Å². The van der Waals surface area contributed by atoms with Crippen LogP contribution >= 0.6 is 0 Å². The maximum absolute atomic E-state index is 13.1. The molecule has 134 valence electrons. The first kappa shape index (κ1) is 16.7. The van der Waals surface area contributed by atoms with Gasteiger partial charge in [-0.05, 0) is 31.0 Å². The fourth-order valence-corrected chi connectivity index (χ4v) is 3.38. The molecule has 0 spiro atoms. The Morgan fingerprint density at radius 1 is 1.12 bits per heavy atom. The molecule has 0 atom stereocenters. The van der Waals surface area contributed by atoms with Crippen molar-refractivity contribution in [3.05, 3.63) is 70.7 Å². The van der Waals surface area contributed by atoms with Crippen LogP contribution in [0, 0.1) is 12.7 Å². The van der Waals surface area contributed by atoms with Gasteiger partial charge in [0, 0.05) is 30.3 Å². The number of nitrogens with zero attached hydrogens (tertiary/aromatic N) is 5. The molecule has 5 nitrogen and oxygen atoms in total. The van der Waals surface area contributed by atoms with Crippen LogP contribution in [-0.2, 0) is 26.1 Å². The Balaban J connectivity index is 1.55. The summed E-state index contributed by atoms with van der Waals surface area (Å²) in [6.07, 6.45) is 3.86. The van der Waals surface area contributed by atoms with Gasteiger partial charge in [-0.25, -0.2) is 14.4 Å². The smallest absolute Gasteiger partial charge is 0.133 e. The first-order chi connectivity index (χ1) is 12.6. The molecule has 26 heavy (non-hydrogen) atoms. The van der Waals surface area contributed by atoms with Crippen LogP contribution in [0.1, 0.15) is 41.7 Å². The van der Waals surface area contributed by atoms with Gasteiger partial charge in [-0.2, -0.15) is 5.10 Å². The Labute approximate surface area is 152 Å². The van der Waals surface area contributed by atoms with Gasteiger partial charge in [0.25, 0.3) is 0 Å². The minimum absolute atomic E-state index is 0.215. The molecule has 1 aliphatic heterocycles. The zero-order valence-electron chi connectivity index (χ0n) is 15.1. The second-order valence-corrected chi connectivity index (χ2v) is 6.79. The molecule has 6 heteroatoms. The van der Waals surface area contributed by atoms with E-state index in [2.05, 4.69) is 21.9 Å². The van der Waals surface area contributed by atoms with E-state index in [1.807, 2.05) is 23.9 Å². The number of anilines is 1. The summed E-state index contributed by atoms with van der Waals surface area (Å²) in [7, 11) is 0. The average Bonchev–Trinajstić information content (AvgIpc) is 3.19. The van der Waals surface area contributed by atoms with Crippen LogP contribution in [-0.4, -0.2) is 19.7 Å². The highest BCUT2D eigenvalue weighted by atomic mass is 19.1. The van der Waals surface area contributed by atoms with Crippen molar-refractivity contribution in [3.8, 4) is 0 Å². The first-order valence-electron chi connectivity index (χ1n) is 9.00. The van der Waals surface area contributed by atoms with Crippen LogP contribution < -0.4 is 4.90 Å². The third kappa shape index (κ3) is 3.31. The van der Waals surface area contributed by atoms with Gasteiger partial charge < -0.3 is 4.90 Å². The number of benzene rings is 1.